The highest BCUT2D eigenvalue weighted by atomic mass is 16.5. The van der Waals surface area contributed by atoms with Crippen molar-refractivity contribution in [3.63, 3.8) is 0 Å². The first-order valence-electron chi connectivity index (χ1n) is 9.77. The van der Waals surface area contributed by atoms with E-state index in [9.17, 15) is 9.59 Å². The van der Waals surface area contributed by atoms with E-state index in [0.717, 1.165) is 5.56 Å². The van der Waals surface area contributed by atoms with Crippen LogP contribution in [0.3, 0.4) is 0 Å². The lowest BCUT2D eigenvalue weighted by atomic mass is 10.2. The number of ether oxygens (including phenoxy) is 2. The first-order valence-corrected chi connectivity index (χ1v) is 9.77. The van der Waals surface area contributed by atoms with Crippen molar-refractivity contribution in [2.75, 3.05) is 18.9 Å². The molecule has 0 saturated heterocycles. The summed E-state index contributed by atoms with van der Waals surface area (Å²) in [4.78, 5) is 30.3. The minimum absolute atomic E-state index is 0.120. The van der Waals surface area contributed by atoms with Crippen LogP contribution >= 0.6 is 0 Å². The Morgan fingerprint density at radius 2 is 2.14 bits per heavy atom. The third-order valence-electron chi connectivity index (χ3n) is 4.65. The molecule has 29 heavy (non-hydrogen) atoms. The molecule has 3 rings (SSSR count). The van der Waals surface area contributed by atoms with E-state index in [2.05, 4.69) is 0 Å². The van der Waals surface area contributed by atoms with Gasteiger partial charge in [-0.15, -0.1) is 0 Å². The topological polar surface area (TPSA) is 99.8 Å². The molecule has 0 amide bonds. The summed E-state index contributed by atoms with van der Waals surface area (Å²) in [6.07, 6.45) is 2.44. The third kappa shape index (κ3) is 4.07. The maximum Gasteiger partial charge on any atom is 0.344 e. The number of carbonyl (C=O) groups excluding carboxylic acids is 1. The maximum atomic E-state index is 13.1. The van der Waals surface area contributed by atoms with Crippen LogP contribution in [0.4, 0.5) is 5.82 Å². The summed E-state index contributed by atoms with van der Waals surface area (Å²) < 4.78 is 13.9. The average molecular weight is 399 g/mol. The van der Waals surface area contributed by atoms with Crippen LogP contribution in [0.15, 0.2) is 29.2 Å². The van der Waals surface area contributed by atoms with Gasteiger partial charge >= 0.3 is 5.97 Å². The van der Waals surface area contributed by atoms with E-state index in [-0.39, 0.29) is 29.7 Å². The Labute approximate surface area is 168 Å². The summed E-state index contributed by atoms with van der Waals surface area (Å²) in [5.41, 5.74) is 8.10. The van der Waals surface area contributed by atoms with Crippen LogP contribution in [0.5, 0.6) is 0 Å². The number of aromatic nitrogens is 3. The average Bonchev–Trinajstić information content (AvgIpc) is 2.67. The van der Waals surface area contributed by atoms with E-state index < -0.39 is 5.97 Å². The zero-order valence-electron chi connectivity index (χ0n) is 17.3. The number of hydrogen-bond donors (Lipinski definition) is 1. The minimum Gasteiger partial charge on any atom is -0.462 e. The van der Waals surface area contributed by atoms with Gasteiger partial charge in [0.1, 0.15) is 10.9 Å². The summed E-state index contributed by atoms with van der Waals surface area (Å²) >= 11 is 0. The van der Waals surface area contributed by atoms with Crippen LogP contribution < -0.4 is 15.9 Å². The summed E-state index contributed by atoms with van der Waals surface area (Å²) in [6, 6.07) is 5.16. The fourth-order valence-electron chi connectivity index (χ4n) is 3.25. The van der Waals surface area contributed by atoms with Crippen LogP contribution in [-0.2, 0) is 16.0 Å². The van der Waals surface area contributed by atoms with Gasteiger partial charge in [0.15, 0.2) is 0 Å². The SMILES string of the molecule is CCOC(=O)c1cc2c(=O)n3cccc(C)c3nc2[n+](CCCOC(C)C)c1N. The van der Waals surface area contributed by atoms with E-state index in [4.69, 9.17) is 20.2 Å². The molecule has 0 bridgehead atoms. The van der Waals surface area contributed by atoms with Crippen molar-refractivity contribution in [3.05, 3.63) is 45.9 Å². The molecule has 0 aliphatic rings. The lowest BCUT2D eigenvalue weighted by molar-refractivity contribution is -0.659. The lowest BCUT2D eigenvalue weighted by Gasteiger charge is -2.13. The van der Waals surface area contributed by atoms with Crippen molar-refractivity contribution in [2.45, 2.75) is 46.8 Å². The highest BCUT2D eigenvalue weighted by Gasteiger charge is 2.25. The van der Waals surface area contributed by atoms with Crippen LogP contribution in [0.1, 0.15) is 43.1 Å². The van der Waals surface area contributed by atoms with Crippen molar-refractivity contribution < 1.29 is 18.8 Å². The highest BCUT2D eigenvalue weighted by molar-refractivity contribution is 5.96. The molecule has 2 N–H and O–H groups in total. The molecule has 0 radical (unpaired) electrons. The monoisotopic (exact) mass is 399 g/mol. The molecule has 0 unspecified atom stereocenters. The molecule has 0 atom stereocenters. The second-order valence-electron chi connectivity index (χ2n) is 7.13. The highest BCUT2D eigenvalue weighted by Crippen LogP contribution is 2.17. The van der Waals surface area contributed by atoms with Crippen molar-refractivity contribution >= 4 is 28.5 Å². The van der Waals surface area contributed by atoms with Gasteiger partial charge in [-0.25, -0.2) is 9.36 Å². The van der Waals surface area contributed by atoms with Crippen LogP contribution in [0.2, 0.25) is 0 Å². The molecule has 0 aromatic carbocycles. The zero-order valence-corrected chi connectivity index (χ0v) is 17.3. The number of rotatable bonds is 7. The van der Waals surface area contributed by atoms with Crippen LogP contribution in [0.25, 0.3) is 16.7 Å². The van der Waals surface area contributed by atoms with Gasteiger partial charge in [-0.05, 0) is 39.8 Å². The molecule has 0 fully saturated rings. The first-order chi connectivity index (χ1) is 13.8. The van der Waals surface area contributed by atoms with Crippen LogP contribution in [0, 0.1) is 6.92 Å². The number of hydrogen-bond acceptors (Lipinski definition) is 6. The second kappa shape index (κ2) is 8.57. The van der Waals surface area contributed by atoms with Crippen LogP contribution in [-0.4, -0.2) is 34.7 Å². The molecule has 0 aliphatic heterocycles. The predicted octanol–water partition coefficient (Wildman–Crippen LogP) is 2.02. The molecule has 0 saturated carbocycles. The fraction of sp³-hybridized carbons (Fsp3) is 0.429. The summed E-state index contributed by atoms with van der Waals surface area (Å²) in [5.74, 6) is -0.335. The van der Waals surface area contributed by atoms with Gasteiger partial charge in [0.05, 0.1) is 19.3 Å². The van der Waals surface area contributed by atoms with E-state index in [0.29, 0.717) is 36.3 Å². The number of pyridine rings is 2. The largest absolute Gasteiger partial charge is 0.462 e. The zero-order chi connectivity index (χ0) is 21.1. The van der Waals surface area contributed by atoms with Gasteiger partial charge in [0.2, 0.25) is 11.5 Å². The smallest absolute Gasteiger partial charge is 0.344 e. The molecule has 8 nitrogen and oxygen atoms in total. The Bertz CT molecular complexity index is 1120. The summed E-state index contributed by atoms with van der Waals surface area (Å²) in [7, 11) is 0. The molecule has 0 aliphatic carbocycles. The molecule has 3 aromatic heterocycles. The maximum absolute atomic E-state index is 13.1. The first kappa shape index (κ1) is 20.7. The van der Waals surface area contributed by atoms with E-state index in [1.54, 1.807) is 23.8 Å². The number of esters is 1. The number of aryl methyl sites for hydroxylation is 2. The Hall–Kier alpha value is -3.00. The minimum atomic E-state index is -0.562. The van der Waals surface area contributed by atoms with Gasteiger partial charge in [0.25, 0.3) is 11.2 Å². The van der Waals surface area contributed by atoms with Crippen molar-refractivity contribution in [1.82, 2.24) is 9.38 Å². The van der Waals surface area contributed by atoms with Gasteiger partial charge in [-0.3, -0.25) is 9.20 Å². The Morgan fingerprint density at radius 3 is 2.83 bits per heavy atom. The normalized spacial score (nSPS) is 11.5. The molecular formula is C21H27N4O4+. The number of nitrogens with two attached hydrogens (primary N) is 1. The van der Waals surface area contributed by atoms with Gasteiger partial charge in [-0.1, -0.05) is 11.1 Å². The van der Waals surface area contributed by atoms with E-state index >= 15 is 0 Å². The van der Waals surface area contributed by atoms with Gasteiger partial charge in [0, 0.05) is 24.8 Å². The molecule has 154 valence electrons. The van der Waals surface area contributed by atoms with Gasteiger partial charge in [-0.2, -0.15) is 0 Å². The summed E-state index contributed by atoms with van der Waals surface area (Å²) in [6.45, 7) is 8.75. The third-order valence-corrected chi connectivity index (χ3v) is 4.65. The van der Waals surface area contributed by atoms with E-state index in [1.165, 1.54) is 10.5 Å². The van der Waals surface area contributed by atoms with E-state index in [1.807, 2.05) is 26.8 Å². The molecule has 8 heteroatoms. The molecule has 0 spiro atoms. The Kier molecular flexibility index (Phi) is 6.12. The quantitative estimate of drug-likeness (QED) is 0.282. The second-order valence-corrected chi connectivity index (χ2v) is 7.13. The number of nitrogens with zero attached hydrogens (tertiary/aromatic N) is 3. The number of nitrogen functional groups attached to an aromatic ring is 1. The van der Waals surface area contributed by atoms with Crippen molar-refractivity contribution in [3.8, 4) is 0 Å². The summed E-state index contributed by atoms with van der Waals surface area (Å²) in [5, 5.41) is 0.315. The predicted molar refractivity (Wildman–Crippen MR) is 110 cm³/mol. The lowest BCUT2D eigenvalue weighted by Crippen LogP contribution is -2.42. The number of anilines is 1. The fourth-order valence-corrected chi connectivity index (χ4v) is 3.25. The van der Waals surface area contributed by atoms with Crippen molar-refractivity contribution in [2.24, 2.45) is 0 Å². The Morgan fingerprint density at radius 1 is 1.38 bits per heavy atom. The number of fused-ring (bicyclic) bond motifs is 2. The molecular weight excluding hydrogens is 372 g/mol. The molecule has 3 aromatic rings. The molecule has 3 heterocycles. The standard InChI is InChI=1S/C21H26N4O4/c1-5-28-21(27)15-12-16-19(24(17(15)22)10-7-11-29-13(2)3)23-18-14(4)8-6-9-25(18)20(16)26/h6,8-9,12-13,22H,5,7,10-11H2,1-4H3/p+1. The van der Waals surface area contributed by atoms with Gasteiger partial charge < -0.3 is 15.2 Å². The Balaban J connectivity index is 2.23. The van der Waals surface area contributed by atoms with Crippen molar-refractivity contribution in [1.29, 1.82) is 0 Å². The number of carbonyl (C=O) groups is 1.